The van der Waals surface area contributed by atoms with Crippen molar-refractivity contribution in [2.75, 3.05) is 27.7 Å². The third-order valence-electron chi connectivity index (χ3n) is 6.05. The molecule has 0 spiro atoms. The highest BCUT2D eigenvalue weighted by Crippen LogP contribution is 2.35. The Kier molecular flexibility index (Phi) is 8.72. The molecule has 1 aromatic carbocycles. The summed E-state index contributed by atoms with van der Waals surface area (Å²) in [5, 5.41) is 3.89. The fraction of sp³-hybridized carbons (Fsp3) is 0.565. The van der Waals surface area contributed by atoms with Crippen molar-refractivity contribution in [2.45, 2.75) is 56.5 Å². The molecule has 1 aliphatic rings. The third kappa shape index (κ3) is 6.86. The zero-order valence-corrected chi connectivity index (χ0v) is 18.7. The topological polar surface area (TPSA) is 52.7 Å². The third-order valence-corrected chi connectivity index (χ3v) is 6.28. The van der Waals surface area contributed by atoms with E-state index in [-0.39, 0.29) is 36.2 Å². The summed E-state index contributed by atoms with van der Waals surface area (Å²) in [4.78, 5) is 28.2. The standard InChI is InChI=1S/C23H34ClN3O2/c1-5-15-27(4)22(29)10-9-21(28)25-20-11-13-23(14-12-20,26(2)3)17-18-7-6-8-19(24)16-18/h5-8,16,20H,1,9-15,17H2,2-4H3,(H,25,28). The van der Waals surface area contributed by atoms with Crippen molar-refractivity contribution in [1.82, 2.24) is 15.1 Å². The SMILES string of the molecule is C=CCN(C)C(=O)CCC(=O)NC1CCC(Cc2cccc(Cl)c2)(N(C)C)CC1. The normalized spacial score (nSPS) is 21.6. The van der Waals surface area contributed by atoms with E-state index in [0.717, 1.165) is 37.1 Å². The molecular weight excluding hydrogens is 386 g/mol. The number of hydrogen-bond donors (Lipinski definition) is 1. The summed E-state index contributed by atoms with van der Waals surface area (Å²) in [6, 6.07) is 8.25. The minimum absolute atomic E-state index is 0.0307. The predicted octanol–water partition coefficient (Wildman–Crippen LogP) is 3.67. The number of likely N-dealkylation sites (N-methyl/N-ethyl adjacent to an activating group) is 2. The second kappa shape index (κ2) is 10.8. The van der Waals surface area contributed by atoms with Gasteiger partial charge >= 0.3 is 0 Å². The summed E-state index contributed by atoms with van der Waals surface area (Å²) < 4.78 is 0. The van der Waals surface area contributed by atoms with Crippen LogP contribution in [0.2, 0.25) is 5.02 Å². The van der Waals surface area contributed by atoms with Crippen LogP contribution in [0.1, 0.15) is 44.1 Å². The molecule has 6 heteroatoms. The summed E-state index contributed by atoms with van der Waals surface area (Å²) in [7, 11) is 5.99. The van der Waals surface area contributed by atoms with Gasteiger partial charge in [-0.3, -0.25) is 9.59 Å². The molecule has 1 aromatic rings. The van der Waals surface area contributed by atoms with Crippen LogP contribution in [0, 0.1) is 0 Å². The zero-order chi connectivity index (χ0) is 21.4. The van der Waals surface area contributed by atoms with Gasteiger partial charge in [0.05, 0.1) is 0 Å². The van der Waals surface area contributed by atoms with Crippen LogP contribution in [0.5, 0.6) is 0 Å². The van der Waals surface area contributed by atoms with Crippen LogP contribution in [0.4, 0.5) is 0 Å². The van der Waals surface area contributed by atoms with Crippen LogP contribution in [-0.2, 0) is 16.0 Å². The maximum Gasteiger partial charge on any atom is 0.223 e. The maximum absolute atomic E-state index is 12.3. The number of hydrogen-bond acceptors (Lipinski definition) is 3. The smallest absolute Gasteiger partial charge is 0.223 e. The lowest BCUT2D eigenvalue weighted by Gasteiger charge is -2.45. The van der Waals surface area contributed by atoms with Gasteiger partial charge in [-0.05, 0) is 63.9 Å². The Morgan fingerprint density at radius 1 is 1.24 bits per heavy atom. The minimum Gasteiger partial charge on any atom is -0.353 e. The van der Waals surface area contributed by atoms with Gasteiger partial charge in [0.25, 0.3) is 0 Å². The zero-order valence-electron chi connectivity index (χ0n) is 17.9. The van der Waals surface area contributed by atoms with Crippen molar-refractivity contribution in [3.63, 3.8) is 0 Å². The first-order valence-electron chi connectivity index (χ1n) is 10.3. The highest BCUT2D eigenvalue weighted by atomic mass is 35.5. The fourth-order valence-electron chi connectivity index (χ4n) is 4.12. The van der Waals surface area contributed by atoms with Crippen LogP contribution in [0.15, 0.2) is 36.9 Å². The summed E-state index contributed by atoms with van der Waals surface area (Å²) in [5.74, 6) is -0.0700. The van der Waals surface area contributed by atoms with E-state index < -0.39 is 0 Å². The van der Waals surface area contributed by atoms with Crippen molar-refractivity contribution in [3.8, 4) is 0 Å². The fourth-order valence-corrected chi connectivity index (χ4v) is 4.33. The molecule has 2 rings (SSSR count). The van der Waals surface area contributed by atoms with Gasteiger partial charge in [-0.1, -0.05) is 29.8 Å². The highest BCUT2D eigenvalue weighted by molar-refractivity contribution is 6.30. The molecule has 160 valence electrons. The lowest BCUT2D eigenvalue weighted by atomic mass is 9.75. The molecule has 0 atom stereocenters. The van der Waals surface area contributed by atoms with Gasteiger partial charge in [-0.25, -0.2) is 0 Å². The van der Waals surface area contributed by atoms with Crippen LogP contribution >= 0.6 is 11.6 Å². The maximum atomic E-state index is 12.3. The largest absolute Gasteiger partial charge is 0.353 e. The number of halogens is 1. The summed E-state index contributed by atoms with van der Waals surface area (Å²) in [6.45, 7) is 4.13. The second-order valence-electron chi connectivity index (χ2n) is 8.33. The van der Waals surface area contributed by atoms with Gasteiger partial charge in [0.15, 0.2) is 0 Å². The molecule has 1 N–H and O–H groups in total. The molecule has 2 amide bonds. The first-order chi connectivity index (χ1) is 13.8. The molecule has 0 aliphatic heterocycles. The average Bonchev–Trinajstić information content (AvgIpc) is 2.67. The van der Waals surface area contributed by atoms with Crippen LogP contribution in [0.25, 0.3) is 0 Å². The first-order valence-corrected chi connectivity index (χ1v) is 10.7. The highest BCUT2D eigenvalue weighted by Gasteiger charge is 2.37. The Bertz CT molecular complexity index is 712. The quantitative estimate of drug-likeness (QED) is 0.621. The van der Waals surface area contributed by atoms with Gasteiger partial charge in [0.1, 0.15) is 0 Å². The number of carbonyl (C=O) groups excluding carboxylic acids is 2. The summed E-state index contributed by atoms with van der Waals surface area (Å²) in [6.07, 6.45) is 7.00. The number of amides is 2. The molecule has 0 saturated heterocycles. The van der Waals surface area contributed by atoms with Crippen LogP contribution < -0.4 is 5.32 Å². The molecule has 0 bridgehead atoms. The Balaban J connectivity index is 1.85. The second-order valence-corrected chi connectivity index (χ2v) is 8.77. The Morgan fingerprint density at radius 3 is 2.52 bits per heavy atom. The van der Waals surface area contributed by atoms with Gasteiger partial charge in [0, 0.05) is 43.0 Å². The van der Waals surface area contributed by atoms with Crippen molar-refractivity contribution in [2.24, 2.45) is 0 Å². The van der Waals surface area contributed by atoms with Crippen molar-refractivity contribution in [1.29, 1.82) is 0 Å². The van der Waals surface area contributed by atoms with Gasteiger partial charge in [-0.2, -0.15) is 0 Å². The molecule has 0 heterocycles. The Hall–Kier alpha value is -1.85. The Morgan fingerprint density at radius 2 is 1.93 bits per heavy atom. The molecule has 1 fully saturated rings. The lowest BCUT2D eigenvalue weighted by Crippen LogP contribution is -2.52. The van der Waals surface area contributed by atoms with Crippen molar-refractivity contribution in [3.05, 3.63) is 47.5 Å². The predicted molar refractivity (Wildman–Crippen MR) is 119 cm³/mol. The van der Waals surface area contributed by atoms with E-state index in [0.29, 0.717) is 6.54 Å². The molecular formula is C23H34ClN3O2. The van der Waals surface area contributed by atoms with E-state index in [9.17, 15) is 9.59 Å². The molecule has 5 nitrogen and oxygen atoms in total. The average molecular weight is 420 g/mol. The number of rotatable bonds is 9. The molecule has 1 aliphatic carbocycles. The number of nitrogens with zero attached hydrogens (tertiary/aromatic N) is 2. The number of carbonyl (C=O) groups is 2. The summed E-state index contributed by atoms with van der Waals surface area (Å²) >= 11 is 6.16. The van der Waals surface area contributed by atoms with E-state index in [2.05, 4.69) is 37.0 Å². The van der Waals surface area contributed by atoms with E-state index in [1.54, 1.807) is 18.0 Å². The molecule has 0 radical (unpaired) electrons. The van der Waals surface area contributed by atoms with E-state index >= 15 is 0 Å². The Labute approximate surface area is 180 Å². The van der Waals surface area contributed by atoms with Crippen molar-refractivity contribution < 1.29 is 9.59 Å². The summed E-state index contributed by atoms with van der Waals surface area (Å²) in [5.41, 5.74) is 1.32. The van der Waals surface area contributed by atoms with E-state index in [1.165, 1.54) is 5.56 Å². The minimum atomic E-state index is -0.0393. The first kappa shape index (κ1) is 23.4. The van der Waals surface area contributed by atoms with E-state index in [1.807, 2.05) is 18.2 Å². The molecule has 1 saturated carbocycles. The molecule has 29 heavy (non-hydrogen) atoms. The lowest BCUT2D eigenvalue weighted by molar-refractivity contribution is -0.132. The number of nitrogens with one attached hydrogen (secondary N) is 1. The van der Waals surface area contributed by atoms with Gasteiger partial charge < -0.3 is 15.1 Å². The number of benzene rings is 1. The van der Waals surface area contributed by atoms with Crippen LogP contribution in [0.3, 0.4) is 0 Å². The van der Waals surface area contributed by atoms with Gasteiger partial charge in [0.2, 0.25) is 11.8 Å². The molecule has 0 unspecified atom stereocenters. The monoisotopic (exact) mass is 419 g/mol. The van der Waals surface area contributed by atoms with Gasteiger partial charge in [-0.15, -0.1) is 6.58 Å². The van der Waals surface area contributed by atoms with E-state index in [4.69, 9.17) is 11.6 Å². The van der Waals surface area contributed by atoms with Crippen LogP contribution in [-0.4, -0.2) is 60.9 Å². The molecule has 0 aromatic heterocycles. The van der Waals surface area contributed by atoms with Crippen molar-refractivity contribution >= 4 is 23.4 Å².